The fraction of sp³-hybridized carbons (Fsp3) is 0.0435. The van der Waals surface area contributed by atoms with Crippen molar-refractivity contribution in [1.29, 1.82) is 0 Å². The highest BCUT2D eigenvalue weighted by atomic mass is 32.1. The Balaban J connectivity index is 1.82. The van der Waals surface area contributed by atoms with Crippen molar-refractivity contribution in [1.82, 2.24) is 20.3 Å². The summed E-state index contributed by atoms with van der Waals surface area (Å²) < 4.78 is 0. The van der Waals surface area contributed by atoms with E-state index in [1.165, 1.54) is 0 Å². The van der Waals surface area contributed by atoms with Gasteiger partial charge in [0.05, 0.1) is 11.4 Å². The highest BCUT2D eigenvalue weighted by Gasteiger charge is 2.15. The number of rotatable bonds is 5. The van der Waals surface area contributed by atoms with E-state index in [9.17, 15) is 10.2 Å². The van der Waals surface area contributed by atoms with Crippen molar-refractivity contribution >= 4 is 34.3 Å². The van der Waals surface area contributed by atoms with Crippen molar-refractivity contribution in [2.45, 2.75) is 0 Å². The quantitative estimate of drug-likeness (QED) is 0.276. The van der Waals surface area contributed by atoms with Crippen LogP contribution in [0.4, 0.5) is 5.82 Å². The first-order chi connectivity index (χ1) is 15.0. The summed E-state index contributed by atoms with van der Waals surface area (Å²) in [5.41, 5.74) is 3.88. The van der Waals surface area contributed by atoms with Crippen LogP contribution >= 0.6 is 12.2 Å². The van der Waals surface area contributed by atoms with Crippen LogP contribution in [-0.2, 0) is 0 Å². The molecule has 0 amide bonds. The number of hydrogen-bond donors (Lipinski definition) is 4. The first kappa shape index (κ1) is 20.2. The molecule has 0 aliphatic carbocycles. The van der Waals surface area contributed by atoms with Crippen molar-refractivity contribution in [2.24, 2.45) is 0 Å². The maximum absolute atomic E-state index is 9.67. The van der Waals surface area contributed by atoms with Crippen molar-refractivity contribution in [2.75, 3.05) is 11.9 Å². The second kappa shape index (κ2) is 8.76. The molecule has 2 heterocycles. The lowest BCUT2D eigenvalue weighted by Crippen LogP contribution is -2.28. The van der Waals surface area contributed by atoms with E-state index in [1.807, 2.05) is 6.07 Å². The van der Waals surface area contributed by atoms with Crippen LogP contribution in [-0.4, -0.2) is 36.8 Å². The number of nitrogens with one attached hydrogen (secondary N) is 2. The fourth-order valence-corrected chi connectivity index (χ4v) is 3.17. The summed E-state index contributed by atoms with van der Waals surface area (Å²) in [6.07, 6.45) is 1.71. The molecule has 31 heavy (non-hydrogen) atoms. The Hall–Kier alpha value is -4.04. The van der Waals surface area contributed by atoms with Gasteiger partial charge < -0.3 is 20.8 Å². The van der Waals surface area contributed by atoms with Gasteiger partial charge in [0.25, 0.3) is 0 Å². The van der Waals surface area contributed by atoms with E-state index in [1.54, 1.807) is 60.7 Å². The van der Waals surface area contributed by atoms with E-state index >= 15 is 0 Å². The van der Waals surface area contributed by atoms with E-state index in [0.29, 0.717) is 40.0 Å². The number of thiocarbonyl (C=S) groups is 1. The number of nitrogens with zero attached hydrogens (tertiary/aromatic N) is 3. The highest BCUT2D eigenvalue weighted by molar-refractivity contribution is 7.80. The molecule has 0 radical (unpaired) electrons. The lowest BCUT2D eigenvalue weighted by atomic mass is 10.0. The smallest absolute Gasteiger partial charge is 0.180 e. The molecule has 4 aromatic rings. The van der Waals surface area contributed by atoms with Crippen LogP contribution in [0.25, 0.3) is 33.7 Å². The second-order valence-electron chi connectivity index (χ2n) is 6.68. The van der Waals surface area contributed by atoms with Gasteiger partial charge in [-0.05, 0) is 72.9 Å². The Kier molecular flexibility index (Phi) is 5.72. The second-order valence-corrected chi connectivity index (χ2v) is 7.09. The molecule has 0 spiro atoms. The van der Waals surface area contributed by atoms with Crippen molar-refractivity contribution in [3.63, 3.8) is 0 Å². The molecule has 0 fully saturated rings. The van der Waals surface area contributed by atoms with E-state index < -0.39 is 0 Å². The first-order valence-electron chi connectivity index (χ1n) is 9.47. The topological polar surface area (TPSA) is 103 Å². The molecular formula is C23H19N5O2S. The summed E-state index contributed by atoms with van der Waals surface area (Å²) in [4.78, 5) is 14.1. The molecule has 0 aliphatic heterocycles. The molecule has 154 valence electrons. The number of aromatic nitrogens is 3. The largest absolute Gasteiger partial charge is 0.508 e. The summed E-state index contributed by atoms with van der Waals surface area (Å²) in [6.45, 7) is 4.19. The van der Waals surface area contributed by atoms with Gasteiger partial charge in [0.15, 0.2) is 10.8 Å². The number of pyridine rings is 1. The number of fused-ring (bicyclic) bond motifs is 1. The van der Waals surface area contributed by atoms with E-state index in [-0.39, 0.29) is 11.5 Å². The summed E-state index contributed by atoms with van der Waals surface area (Å²) in [6, 6.07) is 17.1. The lowest BCUT2D eigenvalue weighted by molar-refractivity contribution is 0.475. The van der Waals surface area contributed by atoms with Gasteiger partial charge in [0.2, 0.25) is 0 Å². The van der Waals surface area contributed by atoms with Crippen LogP contribution in [0.3, 0.4) is 0 Å². The molecule has 7 nitrogen and oxygen atoms in total. The number of phenols is 2. The molecule has 0 saturated heterocycles. The molecule has 4 rings (SSSR count). The van der Waals surface area contributed by atoms with Gasteiger partial charge in [-0.3, -0.25) is 0 Å². The normalized spacial score (nSPS) is 10.6. The van der Waals surface area contributed by atoms with Crippen molar-refractivity contribution < 1.29 is 10.2 Å². The molecule has 4 N–H and O–H groups in total. The molecule has 2 aromatic carbocycles. The van der Waals surface area contributed by atoms with Gasteiger partial charge in [-0.15, -0.1) is 6.58 Å². The lowest BCUT2D eigenvalue weighted by Gasteiger charge is -2.12. The minimum Gasteiger partial charge on any atom is -0.508 e. The molecule has 8 heteroatoms. The van der Waals surface area contributed by atoms with Crippen LogP contribution < -0.4 is 10.6 Å². The Morgan fingerprint density at radius 1 is 0.839 bits per heavy atom. The van der Waals surface area contributed by atoms with Crippen LogP contribution in [0.5, 0.6) is 11.5 Å². The third kappa shape index (κ3) is 4.59. The van der Waals surface area contributed by atoms with E-state index in [0.717, 1.165) is 11.1 Å². The zero-order chi connectivity index (χ0) is 21.8. The number of aromatic hydroxyl groups is 2. The summed E-state index contributed by atoms with van der Waals surface area (Å²) in [7, 11) is 0. The highest BCUT2D eigenvalue weighted by Crippen LogP contribution is 2.32. The summed E-state index contributed by atoms with van der Waals surface area (Å²) >= 11 is 5.24. The average molecular weight is 430 g/mol. The van der Waals surface area contributed by atoms with Gasteiger partial charge in [-0.25, -0.2) is 15.0 Å². The molecule has 0 atom stereocenters. The molecule has 0 bridgehead atoms. The SMILES string of the molecule is C=CCNC(=S)Nc1ccc2nc(-c3ccc(O)cc3)c(-c3ccc(O)cc3)nc2n1. The summed E-state index contributed by atoms with van der Waals surface area (Å²) in [5, 5.41) is 25.8. The van der Waals surface area contributed by atoms with Crippen LogP contribution in [0.15, 0.2) is 73.3 Å². The maximum atomic E-state index is 9.67. The van der Waals surface area contributed by atoms with Gasteiger partial charge in [0, 0.05) is 17.7 Å². The minimum absolute atomic E-state index is 0.161. The Labute approximate surface area is 184 Å². The first-order valence-corrected chi connectivity index (χ1v) is 9.87. The standard InChI is InChI=1S/C23H19N5O2S/c1-2-13-24-23(31)27-19-12-11-18-22(26-19)28-21(15-5-9-17(30)10-6-15)20(25-18)14-3-7-16(29)8-4-14/h2-12,29-30H,1,13H2,(H2,24,26,27,28,31). The molecule has 0 aliphatic rings. The molecular weight excluding hydrogens is 410 g/mol. The van der Waals surface area contributed by atoms with Gasteiger partial charge in [-0.2, -0.15) is 0 Å². The predicted octanol–water partition coefficient (Wildman–Crippen LogP) is 4.24. The molecule has 0 unspecified atom stereocenters. The maximum Gasteiger partial charge on any atom is 0.180 e. The fourth-order valence-electron chi connectivity index (χ4n) is 2.98. The number of benzene rings is 2. The monoisotopic (exact) mass is 429 g/mol. The van der Waals surface area contributed by atoms with Crippen LogP contribution in [0.2, 0.25) is 0 Å². The predicted molar refractivity (Wildman–Crippen MR) is 126 cm³/mol. The Morgan fingerprint density at radius 3 is 2.00 bits per heavy atom. The summed E-state index contributed by atoms with van der Waals surface area (Å²) in [5.74, 6) is 0.869. The molecule has 2 aromatic heterocycles. The number of phenolic OH excluding ortho intramolecular Hbond substituents is 2. The Morgan fingerprint density at radius 2 is 1.42 bits per heavy atom. The van der Waals surface area contributed by atoms with Crippen molar-refractivity contribution in [3.8, 4) is 34.0 Å². The van der Waals surface area contributed by atoms with E-state index in [4.69, 9.17) is 22.2 Å². The zero-order valence-corrected chi connectivity index (χ0v) is 17.2. The van der Waals surface area contributed by atoms with Crippen LogP contribution in [0, 0.1) is 0 Å². The number of hydrogen-bond acceptors (Lipinski definition) is 6. The third-order valence-corrected chi connectivity index (χ3v) is 4.71. The minimum atomic E-state index is 0.161. The Bertz CT molecular complexity index is 1260. The van der Waals surface area contributed by atoms with Crippen LogP contribution in [0.1, 0.15) is 0 Å². The number of anilines is 1. The average Bonchev–Trinajstić information content (AvgIpc) is 2.78. The zero-order valence-electron chi connectivity index (χ0n) is 16.4. The van der Waals surface area contributed by atoms with Gasteiger partial charge in [-0.1, -0.05) is 6.08 Å². The van der Waals surface area contributed by atoms with Gasteiger partial charge >= 0.3 is 0 Å². The van der Waals surface area contributed by atoms with E-state index in [2.05, 4.69) is 22.2 Å². The van der Waals surface area contributed by atoms with Crippen molar-refractivity contribution in [3.05, 3.63) is 73.3 Å². The molecule has 0 saturated carbocycles. The van der Waals surface area contributed by atoms with Gasteiger partial charge in [0.1, 0.15) is 22.8 Å². The third-order valence-electron chi connectivity index (χ3n) is 4.46.